The van der Waals surface area contributed by atoms with Gasteiger partial charge in [-0.25, -0.2) is 0 Å². The SMILES string of the molecule is CC(C)C(NC(=O)c1csnn1)c1nc(-c2ccncc2)no1. The number of carbonyl (C=O) groups is 1. The Morgan fingerprint density at radius 2 is 2.09 bits per heavy atom. The maximum absolute atomic E-state index is 12.2. The molecular formula is C14H14N6O2S. The van der Waals surface area contributed by atoms with Crippen molar-refractivity contribution >= 4 is 17.4 Å². The van der Waals surface area contributed by atoms with E-state index >= 15 is 0 Å². The molecule has 118 valence electrons. The fraction of sp³-hybridized carbons (Fsp3) is 0.286. The minimum absolute atomic E-state index is 0.0660. The van der Waals surface area contributed by atoms with Gasteiger partial charge in [0.1, 0.15) is 6.04 Å². The molecule has 0 saturated heterocycles. The Morgan fingerprint density at radius 3 is 2.74 bits per heavy atom. The van der Waals surface area contributed by atoms with Crippen molar-refractivity contribution in [2.45, 2.75) is 19.9 Å². The second kappa shape index (κ2) is 6.61. The summed E-state index contributed by atoms with van der Waals surface area (Å²) in [5, 5.41) is 12.2. The van der Waals surface area contributed by atoms with Gasteiger partial charge in [-0.3, -0.25) is 9.78 Å². The number of nitrogens with zero attached hydrogens (tertiary/aromatic N) is 5. The van der Waals surface area contributed by atoms with Gasteiger partial charge in [-0.1, -0.05) is 23.5 Å². The average molecular weight is 330 g/mol. The van der Waals surface area contributed by atoms with Gasteiger partial charge >= 0.3 is 0 Å². The summed E-state index contributed by atoms with van der Waals surface area (Å²) in [7, 11) is 0. The molecule has 0 aliphatic carbocycles. The van der Waals surface area contributed by atoms with E-state index in [2.05, 4.69) is 30.0 Å². The normalized spacial score (nSPS) is 12.3. The van der Waals surface area contributed by atoms with Crippen LogP contribution >= 0.6 is 11.5 Å². The number of carbonyl (C=O) groups excluding carboxylic acids is 1. The van der Waals surface area contributed by atoms with Gasteiger partial charge in [0.2, 0.25) is 11.7 Å². The molecular weight excluding hydrogens is 316 g/mol. The Bertz CT molecular complexity index is 772. The molecule has 0 radical (unpaired) electrons. The highest BCUT2D eigenvalue weighted by Gasteiger charge is 2.26. The molecule has 8 nitrogen and oxygen atoms in total. The molecule has 23 heavy (non-hydrogen) atoms. The van der Waals surface area contributed by atoms with Gasteiger partial charge in [0.05, 0.1) is 0 Å². The summed E-state index contributed by atoms with van der Waals surface area (Å²) in [6.07, 6.45) is 3.31. The smallest absolute Gasteiger partial charge is 0.273 e. The third-order valence-electron chi connectivity index (χ3n) is 3.19. The van der Waals surface area contributed by atoms with Crippen LogP contribution in [0.2, 0.25) is 0 Å². The lowest BCUT2D eigenvalue weighted by atomic mass is 10.0. The predicted octanol–water partition coefficient (Wildman–Crippen LogP) is 2.11. The Balaban J connectivity index is 1.82. The quantitative estimate of drug-likeness (QED) is 0.763. The molecule has 9 heteroatoms. The zero-order valence-corrected chi connectivity index (χ0v) is 13.3. The van der Waals surface area contributed by atoms with Crippen LogP contribution in [0.4, 0.5) is 0 Å². The van der Waals surface area contributed by atoms with Crippen LogP contribution in [0.3, 0.4) is 0 Å². The van der Waals surface area contributed by atoms with Crippen LogP contribution in [0.15, 0.2) is 34.4 Å². The summed E-state index contributed by atoms with van der Waals surface area (Å²) in [5.41, 5.74) is 1.07. The zero-order chi connectivity index (χ0) is 16.2. The summed E-state index contributed by atoms with van der Waals surface area (Å²) >= 11 is 1.12. The van der Waals surface area contributed by atoms with E-state index in [0.29, 0.717) is 11.7 Å². The average Bonchev–Trinajstić information content (AvgIpc) is 3.24. The number of amides is 1. The molecule has 0 bridgehead atoms. The van der Waals surface area contributed by atoms with Gasteiger partial charge in [0.25, 0.3) is 5.91 Å². The second-order valence-electron chi connectivity index (χ2n) is 5.18. The Labute approximate surface area is 136 Å². The number of rotatable bonds is 5. The Kier molecular flexibility index (Phi) is 4.38. The fourth-order valence-corrected chi connectivity index (χ4v) is 2.41. The molecule has 3 heterocycles. The molecule has 1 unspecified atom stereocenters. The molecule has 3 aromatic heterocycles. The van der Waals surface area contributed by atoms with Crippen LogP contribution in [0.25, 0.3) is 11.4 Å². The predicted molar refractivity (Wildman–Crippen MR) is 82.5 cm³/mol. The first-order valence-corrected chi connectivity index (χ1v) is 7.80. The minimum Gasteiger partial charge on any atom is -0.339 e. The van der Waals surface area contributed by atoms with Crippen molar-refractivity contribution in [3.8, 4) is 11.4 Å². The highest BCUT2D eigenvalue weighted by molar-refractivity contribution is 7.03. The van der Waals surface area contributed by atoms with Crippen LogP contribution in [-0.4, -0.2) is 30.6 Å². The van der Waals surface area contributed by atoms with Crippen molar-refractivity contribution in [3.05, 3.63) is 41.5 Å². The van der Waals surface area contributed by atoms with Gasteiger partial charge in [-0.2, -0.15) is 4.98 Å². The van der Waals surface area contributed by atoms with Crippen molar-refractivity contribution in [2.24, 2.45) is 5.92 Å². The van der Waals surface area contributed by atoms with Crippen LogP contribution < -0.4 is 5.32 Å². The van der Waals surface area contributed by atoms with E-state index in [0.717, 1.165) is 17.1 Å². The van der Waals surface area contributed by atoms with E-state index in [-0.39, 0.29) is 17.5 Å². The van der Waals surface area contributed by atoms with Gasteiger partial charge in [0.15, 0.2) is 5.69 Å². The number of nitrogens with one attached hydrogen (secondary N) is 1. The summed E-state index contributed by atoms with van der Waals surface area (Å²) in [6.45, 7) is 3.92. The van der Waals surface area contributed by atoms with Gasteiger partial charge in [-0.15, -0.1) is 5.10 Å². The summed E-state index contributed by atoms with van der Waals surface area (Å²) in [6, 6.07) is 3.17. The van der Waals surface area contributed by atoms with E-state index in [1.54, 1.807) is 29.9 Å². The molecule has 3 aromatic rings. The highest BCUT2D eigenvalue weighted by Crippen LogP contribution is 2.23. The number of pyridine rings is 1. The van der Waals surface area contributed by atoms with E-state index < -0.39 is 6.04 Å². The molecule has 0 aliphatic heterocycles. The first-order chi connectivity index (χ1) is 11.1. The first kappa shape index (κ1) is 15.2. The monoisotopic (exact) mass is 330 g/mol. The second-order valence-corrected chi connectivity index (χ2v) is 5.79. The lowest BCUT2D eigenvalue weighted by Gasteiger charge is -2.17. The molecule has 0 aromatic carbocycles. The third-order valence-corrected chi connectivity index (χ3v) is 3.70. The number of aromatic nitrogens is 5. The van der Waals surface area contributed by atoms with E-state index in [4.69, 9.17) is 4.52 Å². The lowest BCUT2D eigenvalue weighted by molar-refractivity contribution is 0.0909. The highest BCUT2D eigenvalue weighted by atomic mass is 32.1. The van der Waals surface area contributed by atoms with Crippen molar-refractivity contribution in [1.82, 2.24) is 30.0 Å². The van der Waals surface area contributed by atoms with Crippen molar-refractivity contribution < 1.29 is 9.32 Å². The van der Waals surface area contributed by atoms with Gasteiger partial charge in [-0.05, 0) is 29.6 Å². The molecule has 1 atom stereocenters. The van der Waals surface area contributed by atoms with Crippen LogP contribution in [0.1, 0.15) is 36.3 Å². The van der Waals surface area contributed by atoms with Crippen molar-refractivity contribution in [3.63, 3.8) is 0 Å². The molecule has 0 fully saturated rings. The molecule has 3 rings (SSSR count). The maximum atomic E-state index is 12.2. The maximum Gasteiger partial charge on any atom is 0.273 e. The molecule has 0 saturated carbocycles. The minimum atomic E-state index is -0.410. The van der Waals surface area contributed by atoms with Gasteiger partial charge < -0.3 is 9.84 Å². The molecule has 0 spiro atoms. The summed E-state index contributed by atoms with van der Waals surface area (Å²) in [5.74, 6) is 0.554. The number of hydrogen-bond acceptors (Lipinski definition) is 8. The summed E-state index contributed by atoms with van der Waals surface area (Å²) in [4.78, 5) is 20.5. The summed E-state index contributed by atoms with van der Waals surface area (Å²) < 4.78 is 9.02. The fourth-order valence-electron chi connectivity index (χ4n) is 1.97. The van der Waals surface area contributed by atoms with Crippen LogP contribution in [0, 0.1) is 5.92 Å². The van der Waals surface area contributed by atoms with Crippen LogP contribution in [-0.2, 0) is 0 Å². The topological polar surface area (TPSA) is 107 Å². The lowest BCUT2D eigenvalue weighted by Crippen LogP contribution is -2.32. The molecule has 0 aliphatic rings. The van der Waals surface area contributed by atoms with E-state index in [1.807, 2.05) is 13.8 Å². The Hall–Kier alpha value is -2.68. The zero-order valence-electron chi connectivity index (χ0n) is 12.5. The number of hydrogen-bond donors (Lipinski definition) is 1. The third kappa shape index (κ3) is 3.39. The van der Waals surface area contributed by atoms with Crippen molar-refractivity contribution in [1.29, 1.82) is 0 Å². The van der Waals surface area contributed by atoms with E-state index in [1.165, 1.54) is 0 Å². The standard InChI is InChI=1S/C14H14N6O2S/c1-8(2)11(16-13(21)10-7-23-20-18-10)14-17-12(19-22-14)9-3-5-15-6-4-9/h3-8,11H,1-2H3,(H,16,21). The molecule has 1 amide bonds. The largest absolute Gasteiger partial charge is 0.339 e. The molecule has 1 N–H and O–H groups in total. The Morgan fingerprint density at radius 1 is 1.30 bits per heavy atom. The van der Waals surface area contributed by atoms with Crippen LogP contribution in [0.5, 0.6) is 0 Å². The van der Waals surface area contributed by atoms with Crippen molar-refractivity contribution in [2.75, 3.05) is 0 Å². The van der Waals surface area contributed by atoms with E-state index in [9.17, 15) is 4.79 Å². The first-order valence-electron chi connectivity index (χ1n) is 6.97. The van der Waals surface area contributed by atoms with Gasteiger partial charge in [0, 0.05) is 23.3 Å².